The number of nitrogens with one attached hydrogen (secondary N) is 2. The minimum atomic E-state index is -0.114. The Labute approximate surface area is 138 Å². The highest BCUT2D eigenvalue weighted by Gasteiger charge is 2.08. The van der Waals surface area contributed by atoms with Crippen LogP contribution in [0.15, 0.2) is 36.5 Å². The number of imidazole rings is 1. The van der Waals surface area contributed by atoms with Crippen molar-refractivity contribution in [1.82, 2.24) is 20.2 Å². The summed E-state index contributed by atoms with van der Waals surface area (Å²) in [5.74, 6) is 1.45. The van der Waals surface area contributed by atoms with Crippen molar-refractivity contribution >= 4 is 6.03 Å². The van der Waals surface area contributed by atoms with E-state index in [1.165, 1.54) is 5.56 Å². The van der Waals surface area contributed by atoms with Gasteiger partial charge in [-0.1, -0.05) is 44.2 Å². The number of aromatic nitrogens is 2. The minimum Gasteiger partial charge on any atom is -0.338 e. The van der Waals surface area contributed by atoms with Gasteiger partial charge < -0.3 is 15.2 Å². The molecule has 0 atom stereocenters. The van der Waals surface area contributed by atoms with Gasteiger partial charge in [0.1, 0.15) is 5.82 Å². The Balaban J connectivity index is 1.87. The number of carbonyl (C=O) groups is 1. The molecule has 23 heavy (non-hydrogen) atoms. The van der Waals surface area contributed by atoms with Gasteiger partial charge in [0, 0.05) is 37.9 Å². The Kier molecular flexibility index (Phi) is 6.20. The van der Waals surface area contributed by atoms with Gasteiger partial charge in [-0.05, 0) is 18.4 Å². The van der Waals surface area contributed by atoms with Crippen LogP contribution in [-0.4, -0.2) is 28.7 Å². The van der Waals surface area contributed by atoms with Crippen LogP contribution < -0.4 is 10.6 Å². The maximum atomic E-state index is 11.7. The van der Waals surface area contributed by atoms with Crippen LogP contribution in [0.3, 0.4) is 0 Å². The van der Waals surface area contributed by atoms with E-state index in [0.717, 1.165) is 24.5 Å². The number of nitrogens with zero attached hydrogens (tertiary/aromatic N) is 2. The summed E-state index contributed by atoms with van der Waals surface area (Å²) in [6, 6.07) is 10.2. The molecule has 0 saturated heterocycles. The summed E-state index contributed by atoms with van der Waals surface area (Å²) in [6.07, 6.45) is 2.60. The van der Waals surface area contributed by atoms with Gasteiger partial charge in [-0.15, -0.1) is 0 Å². The fraction of sp³-hybridized carbons (Fsp3) is 0.444. The van der Waals surface area contributed by atoms with Crippen LogP contribution in [0.4, 0.5) is 4.79 Å². The molecular formula is C18H26N4O. The van der Waals surface area contributed by atoms with Crippen molar-refractivity contribution in [2.75, 3.05) is 13.1 Å². The van der Waals surface area contributed by atoms with Crippen molar-refractivity contribution in [1.29, 1.82) is 0 Å². The van der Waals surface area contributed by atoms with Crippen LogP contribution in [0, 0.1) is 12.8 Å². The van der Waals surface area contributed by atoms with E-state index in [2.05, 4.69) is 53.1 Å². The van der Waals surface area contributed by atoms with Crippen LogP contribution in [0.25, 0.3) is 0 Å². The van der Waals surface area contributed by atoms with Crippen LogP contribution in [0.5, 0.6) is 0 Å². The van der Waals surface area contributed by atoms with Crippen LogP contribution in [0.1, 0.15) is 30.9 Å². The molecule has 2 amide bonds. The molecule has 0 aliphatic carbocycles. The molecule has 0 aliphatic rings. The van der Waals surface area contributed by atoms with Gasteiger partial charge in [-0.3, -0.25) is 0 Å². The molecule has 5 nitrogen and oxygen atoms in total. The fourth-order valence-electron chi connectivity index (χ4n) is 2.34. The first-order valence-electron chi connectivity index (χ1n) is 8.13. The average Bonchev–Trinajstić information content (AvgIpc) is 2.87. The third-order valence-electron chi connectivity index (χ3n) is 3.63. The summed E-state index contributed by atoms with van der Waals surface area (Å²) >= 11 is 0. The van der Waals surface area contributed by atoms with E-state index in [0.29, 0.717) is 19.0 Å². The van der Waals surface area contributed by atoms with Crippen molar-refractivity contribution in [3.8, 4) is 0 Å². The normalized spacial score (nSPS) is 10.8. The number of amides is 2. The summed E-state index contributed by atoms with van der Waals surface area (Å²) in [5, 5.41) is 5.73. The van der Waals surface area contributed by atoms with Gasteiger partial charge in [0.25, 0.3) is 0 Å². The number of benzene rings is 1. The molecule has 0 bridgehead atoms. The van der Waals surface area contributed by atoms with E-state index in [1.807, 2.05) is 24.4 Å². The molecule has 0 saturated carbocycles. The summed E-state index contributed by atoms with van der Waals surface area (Å²) in [4.78, 5) is 16.1. The van der Waals surface area contributed by atoms with E-state index in [1.54, 1.807) is 0 Å². The molecule has 124 valence electrons. The molecule has 5 heteroatoms. The summed E-state index contributed by atoms with van der Waals surface area (Å²) in [5.41, 5.74) is 2.38. The third kappa shape index (κ3) is 5.43. The molecule has 0 aliphatic heterocycles. The van der Waals surface area contributed by atoms with E-state index in [-0.39, 0.29) is 6.03 Å². The Bertz CT molecular complexity index is 619. The largest absolute Gasteiger partial charge is 0.338 e. The van der Waals surface area contributed by atoms with E-state index in [9.17, 15) is 4.79 Å². The van der Waals surface area contributed by atoms with Gasteiger partial charge in [-0.2, -0.15) is 0 Å². The molecule has 2 N–H and O–H groups in total. The van der Waals surface area contributed by atoms with Crippen molar-refractivity contribution in [3.05, 3.63) is 53.6 Å². The molecule has 2 rings (SSSR count). The molecular weight excluding hydrogens is 288 g/mol. The smallest absolute Gasteiger partial charge is 0.314 e. The molecule has 0 fully saturated rings. The monoisotopic (exact) mass is 314 g/mol. The van der Waals surface area contributed by atoms with Gasteiger partial charge in [0.2, 0.25) is 0 Å². The lowest BCUT2D eigenvalue weighted by Gasteiger charge is -2.12. The molecule has 2 aromatic rings. The second kappa shape index (κ2) is 8.36. The number of hydrogen-bond acceptors (Lipinski definition) is 2. The Morgan fingerprint density at radius 3 is 2.65 bits per heavy atom. The van der Waals surface area contributed by atoms with Crippen molar-refractivity contribution in [3.63, 3.8) is 0 Å². The Morgan fingerprint density at radius 2 is 1.96 bits per heavy atom. The van der Waals surface area contributed by atoms with E-state index in [4.69, 9.17) is 0 Å². The number of aryl methyl sites for hydroxylation is 1. The number of hydrogen-bond donors (Lipinski definition) is 2. The first-order valence-corrected chi connectivity index (χ1v) is 8.13. The molecule has 1 heterocycles. The van der Waals surface area contributed by atoms with Gasteiger partial charge in [0.15, 0.2) is 0 Å². The summed E-state index contributed by atoms with van der Waals surface area (Å²) in [7, 11) is 0. The highest BCUT2D eigenvalue weighted by molar-refractivity contribution is 5.73. The lowest BCUT2D eigenvalue weighted by atomic mass is 10.2. The van der Waals surface area contributed by atoms with Crippen LogP contribution in [-0.2, 0) is 13.0 Å². The third-order valence-corrected chi connectivity index (χ3v) is 3.63. The fourth-order valence-corrected chi connectivity index (χ4v) is 2.34. The predicted molar refractivity (Wildman–Crippen MR) is 92.5 cm³/mol. The zero-order valence-electron chi connectivity index (χ0n) is 14.2. The zero-order valence-corrected chi connectivity index (χ0v) is 14.2. The maximum Gasteiger partial charge on any atom is 0.314 e. The van der Waals surface area contributed by atoms with Gasteiger partial charge in [-0.25, -0.2) is 9.78 Å². The van der Waals surface area contributed by atoms with E-state index >= 15 is 0 Å². The molecule has 1 aromatic heterocycles. The maximum absolute atomic E-state index is 11.7. The number of carbonyl (C=O) groups excluding carboxylic acids is 1. The minimum absolute atomic E-state index is 0.114. The zero-order chi connectivity index (χ0) is 16.7. The second-order valence-corrected chi connectivity index (χ2v) is 6.17. The second-order valence-electron chi connectivity index (χ2n) is 6.17. The Morgan fingerprint density at radius 1 is 1.22 bits per heavy atom. The lowest BCUT2D eigenvalue weighted by molar-refractivity contribution is 0.239. The summed E-state index contributed by atoms with van der Waals surface area (Å²) < 4.78 is 2.20. The van der Waals surface area contributed by atoms with Crippen molar-refractivity contribution in [2.24, 2.45) is 5.92 Å². The topological polar surface area (TPSA) is 59.0 Å². The first-order chi connectivity index (χ1) is 11.1. The van der Waals surface area contributed by atoms with Crippen molar-refractivity contribution < 1.29 is 4.79 Å². The van der Waals surface area contributed by atoms with Crippen LogP contribution in [0.2, 0.25) is 0 Å². The highest BCUT2D eigenvalue weighted by atomic mass is 16.2. The molecule has 0 radical (unpaired) electrons. The SMILES string of the molecule is Cc1cnc(CCNC(=O)NCC(C)C)n1Cc1ccccc1. The van der Waals surface area contributed by atoms with Crippen LogP contribution >= 0.6 is 0 Å². The van der Waals surface area contributed by atoms with E-state index < -0.39 is 0 Å². The van der Waals surface area contributed by atoms with Crippen molar-refractivity contribution in [2.45, 2.75) is 33.7 Å². The highest BCUT2D eigenvalue weighted by Crippen LogP contribution is 2.09. The predicted octanol–water partition coefficient (Wildman–Crippen LogP) is 2.74. The Hall–Kier alpha value is -2.30. The average molecular weight is 314 g/mol. The summed E-state index contributed by atoms with van der Waals surface area (Å²) in [6.45, 7) is 8.28. The molecule has 1 aromatic carbocycles. The van der Waals surface area contributed by atoms with Gasteiger partial charge in [0.05, 0.1) is 0 Å². The first kappa shape index (κ1) is 17.1. The number of urea groups is 1. The molecule has 0 spiro atoms. The molecule has 0 unspecified atom stereocenters. The standard InChI is InChI=1S/C18H26N4O/c1-14(2)11-21-18(23)19-10-9-17-20-12-15(3)22(17)13-16-7-5-4-6-8-16/h4-8,12,14H,9-11,13H2,1-3H3,(H2,19,21,23). The number of rotatable bonds is 7. The van der Waals surface area contributed by atoms with Gasteiger partial charge >= 0.3 is 6.03 Å². The lowest BCUT2D eigenvalue weighted by Crippen LogP contribution is -2.38. The quantitative estimate of drug-likeness (QED) is 0.825.